The zero-order chi connectivity index (χ0) is 30.7. The van der Waals surface area contributed by atoms with E-state index in [9.17, 15) is 5.11 Å². The number of hydrogen-bond donors (Lipinski definition) is 2. The van der Waals surface area contributed by atoms with Gasteiger partial charge in [0.05, 0.1) is 12.0 Å². The molecule has 3 fully saturated rings. The van der Waals surface area contributed by atoms with E-state index in [1.807, 2.05) is 6.07 Å². The Kier molecular flexibility index (Phi) is 7.29. The number of phenols is 1. The van der Waals surface area contributed by atoms with Crippen molar-refractivity contribution in [2.45, 2.75) is 76.3 Å². The summed E-state index contributed by atoms with van der Waals surface area (Å²) in [6, 6.07) is 8.63. The fourth-order valence-corrected chi connectivity index (χ4v) is 8.74. The standard InChI is InChI=1S/C36H43FN6O2/c1-42(2)20-36(13-5-6-14-36)21-45-35-40-33-29(34(41-35)43-18-24-11-12-25(19-43)39-24)17-38-32(31(33)37)28-16-26(44)15-23-10-9-22-7-3-4-8-27(22)30(23)28/h9-10,15-17,24-25,39,44H,3-8,11-14,18-21H2,1-2H3. The zero-order valence-electron chi connectivity index (χ0n) is 26.4. The molecule has 1 saturated carbocycles. The molecule has 2 atom stereocenters. The molecule has 2 aromatic carbocycles. The molecular weight excluding hydrogens is 567 g/mol. The maximum Gasteiger partial charge on any atom is 0.319 e. The van der Waals surface area contributed by atoms with Crippen molar-refractivity contribution < 1.29 is 14.2 Å². The average Bonchev–Trinajstić information content (AvgIpc) is 3.64. The second-order valence-corrected chi connectivity index (χ2v) is 14.3. The van der Waals surface area contributed by atoms with Crippen molar-refractivity contribution in [3.8, 4) is 23.0 Å². The van der Waals surface area contributed by atoms with E-state index < -0.39 is 5.82 Å². The highest BCUT2D eigenvalue weighted by atomic mass is 19.1. The van der Waals surface area contributed by atoms with Crippen LogP contribution in [0, 0.1) is 11.2 Å². The van der Waals surface area contributed by atoms with Gasteiger partial charge in [-0.3, -0.25) is 4.98 Å². The summed E-state index contributed by atoms with van der Waals surface area (Å²) in [7, 11) is 4.21. The van der Waals surface area contributed by atoms with Gasteiger partial charge in [0.1, 0.15) is 22.8 Å². The Bertz CT molecular complexity index is 1760. The maximum absolute atomic E-state index is 17.0. The number of anilines is 1. The summed E-state index contributed by atoms with van der Waals surface area (Å²) in [5.74, 6) is 0.293. The van der Waals surface area contributed by atoms with Crippen molar-refractivity contribution in [1.82, 2.24) is 25.2 Å². The molecule has 236 valence electrons. The molecule has 8 nitrogen and oxygen atoms in total. The fourth-order valence-electron chi connectivity index (χ4n) is 8.74. The van der Waals surface area contributed by atoms with Gasteiger partial charge in [0, 0.05) is 48.9 Å². The summed E-state index contributed by atoms with van der Waals surface area (Å²) in [6.07, 6.45) is 12.8. The highest BCUT2D eigenvalue weighted by Gasteiger charge is 2.37. The van der Waals surface area contributed by atoms with E-state index in [0.29, 0.717) is 35.5 Å². The quantitative estimate of drug-likeness (QED) is 0.263. The predicted molar refractivity (Wildman–Crippen MR) is 176 cm³/mol. The van der Waals surface area contributed by atoms with Crippen LogP contribution in [0.5, 0.6) is 11.8 Å². The Balaban J connectivity index is 1.27. The number of aromatic hydroxyl groups is 1. The minimum Gasteiger partial charge on any atom is -0.508 e. The molecule has 8 rings (SSSR count). The molecule has 2 bridgehead atoms. The van der Waals surface area contributed by atoms with Gasteiger partial charge in [-0.15, -0.1) is 0 Å². The summed E-state index contributed by atoms with van der Waals surface area (Å²) in [6.45, 7) is 3.05. The number of pyridine rings is 1. The van der Waals surface area contributed by atoms with Crippen LogP contribution in [0.4, 0.5) is 10.2 Å². The monoisotopic (exact) mass is 610 g/mol. The van der Waals surface area contributed by atoms with E-state index in [1.165, 1.54) is 24.0 Å². The van der Waals surface area contributed by atoms with Crippen molar-refractivity contribution in [3.05, 3.63) is 47.4 Å². The number of aryl methyl sites for hydroxylation is 2. The molecule has 45 heavy (non-hydrogen) atoms. The number of ether oxygens (including phenoxy) is 1. The first kappa shape index (κ1) is 28.9. The second-order valence-electron chi connectivity index (χ2n) is 14.3. The van der Waals surface area contributed by atoms with Crippen LogP contribution < -0.4 is 15.0 Å². The molecule has 4 heterocycles. The van der Waals surface area contributed by atoms with Gasteiger partial charge >= 0.3 is 6.01 Å². The van der Waals surface area contributed by atoms with E-state index in [2.05, 4.69) is 35.3 Å². The Morgan fingerprint density at radius 1 is 1.04 bits per heavy atom. The fraction of sp³-hybridized carbons (Fsp3) is 0.528. The summed E-state index contributed by atoms with van der Waals surface area (Å²) in [5, 5.41) is 16.9. The molecule has 9 heteroatoms. The molecule has 2 N–H and O–H groups in total. The van der Waals surface area contributed by atoms with Crippen molar-refractivity contribution >= 4 is 27.5 Å². The van der Waals surface area contributed by atoms with Crippen LogP contribution >= 0.6 is 0 Å². The first-order valence-corrected chi connectivity index (χ1v) is 16.8. The number of nitrogens with zero attached hydrogens (tertiary/aromatic N) is 5. The van der Waals surface area contributed by atoms with Gasteiger partial charge < -0.3 is 25.0 Å². The van der Waals surface area contributed by atoms with Crippen LogP contribution in [-0.4, -0.2) is 77.4 Å². The number of benzene rings is 2. The maximum atomic E-state index is 17.0. The van der Waals surface area contributed by atoms with Gasteiger partial charge in [-0.1, -0.05) is 25.0 Å². The summed E-state index contributed by atoms with van der Waals surface area (Å²) >= 11 is 0. The van der Waals surface area contributed by atoms with E-state index in [4.69, 9.17) is 19.7 Å². The lowest BCUT2D eigenvalue weighted by Gasteiger charge is -2.34. The average molecular weight is 611 g/mol. The molecule has 2 saturated heterocycles. The van der Waals surface area contributed by atoms with E-state index in [1.54, 1.807) is 18.3 Å². The molecule has 2 unspecified atom stereocenters. The SMILES string of the molecule is CN(C)CC1(COc2nc(N3CC4CCC(C3)N4)c3cnc(-c4cc(O)cc5ccc6c(c45)CCCC6)c(F)c3n2)CCCC1. The predicted octanol–water partition coefficient (Wildman–Crippen LogP) is 6.01. The smallest absolute Gasteiger partial charge is 0.319 e. The molecule has 4 aliphatic rings. The Morgan fingerprint density at radius 3 is 2.60 bits per heavy atom. The van der Waals surface area contributed by atoms with Gasteiger partial charge in [0.25, 0.3) is 0 Å². The lowest BCUT2D eigenvalue weighted by molar-refractivity contribution is 0.106. The number of rotatable bonds is 7. The molecular formula is C36H43FN6O2. The van der Waals surface area contributed by atoms with Crippen molar-refractivity contribution in [3.63, 3.8) is 0 Å². The summed E-state index contributed by atoms with van der Waals surface area (Å²) in [4.78, 5) is 19.0. The molecule has 2 aliphatic heterocycles. The topological polar surface area (TPSA) is 86.6 Å². The number of nitrogens with one attached hydrogen (secondary N) is 1. The molecule has 4 aromatic rings. The van der Waals surface area contributed by atoms with Crippen LogP contribution in [0.3, 0.4) is 0 Å². The third kappa shape index (κ3) is 5.27. The third-order valence-corrected chi connectivity index (χ3v) is 10.7. The van der Waals surface area contributed by atoms with E-state index in [-0.39, 0.29) is 28.4 Å². The third-order valence-electron chi connectivity index (χ3n) is 10.7. The van der Waals surface area contributed by atoms with Crippen LogP contribution in [0.2, 0.25) is 0 Å². The number of phenolic OH excluding ortho intramolecular Hbond substituents is 1. The Morgan fingerprint density at radius 2 is 1.82 bits per heavy atom. The Labute approximate surface area is 264 Å². The van der Waals surface area contributed by atoms with Gasteiger partial charge in [-0.05, 0) is 99.5 Å². The molecule has 2 aromatic heterocycles. The summed E-state index contributed by atoms with van der Waals surface area (Å²) in [5.41, 5.74) is 3.62. The Hall–Kier alpha value is -3.56. The van der Waals surface area contributed by atoms with Crippen molar-refractivity contribution in [2.24, 2.45) is 5.41 Å². The minimum absolute atomic E-state index is 0.0393. The largest absolute Gasteiger partial charge is 0.508 e. The van der Waals surface area contributed by atoms with E-state index in [0.717, 1.165) is 81.8 Å². The first-order valence-electron chi connectivity index (χ1n) is 16.8. The highest BCUT2D eigenvalue weighted by molar-refractivity contribution is 6.02. The molecule has 0 amide bonds. The number of piperazine rings is 1. The summed E-state index contributed by atoms with van der Waals surface area (Å²) < 4.78 is 23.4. The molecule has 0 radical (unpaired) electrons. The van der Waals surface area contributed by atoms with Crippen molar-refractivity contribution in [1.29, 1.82) is 0 Å². The number of halogens is 1. The highest BCUT2D eigenvalue weighted by Crippen LogP contribution is 2.42. The normalized spacial score (nSPS) is 22.4. The van der Waals surface area contributed by atoms with Crippen LogP contribution in [-0.2, 0) is 12.8 Å². The van der Waals surface area contributed by atoms with E-state index >= 15 is 4.39 Å². The number of aromatic nitrogens is 3. The van der Waals surface area contributed by atoms with Crippen LogP contribution in [0.25, 0.3) is 32.9 Å². The van der Waals surface area contributed by atoms with Gasteiger partial charge in [-0.2, -0.15) is 9.97 Å². The number of fused-ring (bicyclic) bond motifs is 6. The lowest BCUT2D eigenvalue weighted by Crippen LogP contribution is -2.51. The van der Waals surface area contributed by atoms with Crippen molar-refractivity contribution in [2.75, 3.05) is 45.2 Å². The minimum atomic E-state index is -0.497. The molecule has 2 aliphatic carbocycles. The van der Waals surface area contributed by atoms with Crippen LogP contribution in [0.1, 0.15) is 62.5 Å². The molecule has 0 spiro atoms. The second kappa shape index (κ2) is 11.4. The van der Waals surface area contributed by atoms with Gasteiger partial charge in [0.15, 0.2) is 5.82 Å². The van der Waals surface area contributed by atoms with Gasteiger partial charge in [0.2, 0.25) is 0 Å². The lowest BCUT2D eigenvalue weighted by atomic mass is 9.85. The van der Waals surface area contributed by atoms with Crippen LogP contribution in [0.15, 0.2) is 30.5 Å². The first-order chi connectivity index (χ1) is 21.9. The van der Waals surface area contributed by atoms with Gasteiger partial charge in [-0.25, -0.2) is 4.39 Å². The zero-order valence-corrected chi connectivity index (χ0v) is 26.4. The number of hydrogen-bond acceptors (Lipinski definition) is 8.